The van der Waals surface area contributed by atoms with Crippen LogP contribution in [0.15, 0.2) is 88.3 Å². The number of hydrogen-bond acceptors (Lipinski definition) is 6. The number of terminal acetylenes is 1. The molecule has 0 N–H and O–H groups in total. The van der Waals surface area contributed by atoms with Crippen molar-refractivity contribution in [1.82, 2.24) is 4.90 Å². The SMILES string of the molecule is C#CCCN1CC(c2cc(OC)ccc2-c2ccoc(=O)c2C)=C[C@]2(c3cccc(OC)c3)c3c(cccc3OC)C[C@H]12. The molecule has 4 aromatic rings. The molecule has 0 unspecified atom stereocenters. The second-order valence-corrected chi connectivity index (χ2v) is 11.1. The van der Waals surface area contributed by atoms with Crippen LogP contribution in [0.5, 0.6) is 17.2 Å². The molecule has 1 aliphatic heterocycles. The summed E-state index contributed by atoms with van der Waals surface area (Å²) in [5.74, 6) is 5.23. The van der Waals surface area contributed by atoms with Gasteiger partial charge in [-0.15, -0.1) is 12.3 Å². The molecule has 0 fully saturated rings. The highest BCUT2D eigenvalue weighted by atomic mass is 16.5. The largest absolute Gasteiger partial charge is 0.497 e. The van der Waals surface area contributed by atoms with Gasteiger partial charge in [-0.25, -0.2) is 4.79 Å². The monoisotopic (exact) mass is 573 g/mol. The van der Waals surface area contributed by atoms with Crippen LogP contribution in [0.2, 0.25) is 0 Å². The van der Waals surface area contributed by atoms with Gasteiger partial charge in [-0.1, -0.05) is 36.4 Å². The molecular weight excluding hydrogens is 538 g/mol. The van der Waals surface area contributed by atoms with E-state index < -0.39 is 5.41 Å². The Morgan fingerprint density at radius 3 is 2.51 bits per heavy atom. The van der Waals surface area contributed by atoms with Crippen LogP contribution >= 0.6 is 0 Å². The summed E-state index contributed by atoms with van der Waals surface area (Å²) in [6.07, 6.45) is 11.2. The fraction of sp³-hybridized carbons (Fsp3) is 0.270. The zero-order valence-corrected chi connectivity index (χ0v) is 25.0. The topological polar surface area (TPSA) is 61.1 Å². The highest BCUT2D eigenvalue weighted by molar-refractivity contribution is 5.86. The maximum absolute atomic E-state index is 12.6. The third-order valence-corrected chi connectivity index (χ3v) is 8.97. The van der Waals surface area contributed by atoms with Crippen LogP contribution in [-0.2, 0) is 11.8 Å². The number of benzene rings is 3. The third-order valence-electron chi connectivity index (χ3n) is 8.97. The summed E-state index contributed by atoms with van der Waals surface area (Å²) in [5, 5.41) is 0. The first kappa shape index (κ1) is 28.4. The summed E-state index contributed by atoms with van der Waals surface area (Å²) in [6.45, 7) is 3.21. The van der Waals surface area contributed by atoms with Gasteiger partial charge in [-0.3, -0.25) is 4.90 Å². The molecule has 2 aliphatic rings. The molecule has 6 heteroatoms. The Morgan fingerprint density at radius 1 is 0.953 bits per heavy atom. The predicted molar refractivity (Wildman–Crippen MR) is 169 cm³/mol. The fourth-order valence-electron chi connectivity index (χ4n) is 6.99. The minimum atomic E-state index is -0.566. The van der Waals surface area contributed by atoms with Crippen LogP contribution in [0.4, 0.5) is 0 Å². The van der Waals surface area contributed by atoms with E-state index in [-0.39, 0.29) is 11.7 Å². The van der Waals surface area contributed by atoms with Gasteiger partial charge in [0.2, 0.25) is 0 Å². The quantitative estimate of drug-likeness (QED) is 0.232. The molecule has 0 spiro atoms. The van der Waals surface area contributed by atoms with Crippen LogP contribution < -0.4 is 19.8 Å². The zero-order chi connectivity index (χ0) is 30.1. The van der Waals surface area contributed by atoms with E-state index in [1.54, 1.807) is 28.3 Å². The van der Waals surface area contributed by atoms with Crippen molar-refractivity contribution in [3.05, 3.63) is 117 Å². The van der Waals surface area contributed by atoms with Gasteiger partial charge in [-0.05, 0) is 83.1 Å². The van der Waals surface area contributed by atoms with Gasteiger partial charge in [-0.2, -0.15) is 0 Å². The van der Waals surface area contributed by atoms with E-state index in [0.29, 0.717) is 18.5 Å². The minimum absolute atomic E-state index is 0.0996. The summed E-state index contributed by atoms with van der Waals surface area (Å²) in [4.78, 5) is 15.1. The Morgan fingerprint density at radius 2 is 1.74 bits per heavy atom. The zero-order valence-electron chi connectivity index (χ0n) is 25.0. The average Bonchev–Trinajstić information content (AvgIpc) is 3.40. The van der Waals surface area contributed by atoms with Crippen LogP contribution in [-0.4, -0.2) is 45.4 Å². The van der Waals surface area contributed by atoms with Gasteiger partial charge in [0, 0.05) is 36.7 Å². The maximum atomic E-state index is 12.6. The molecule has 6 nitrogen and oxygen atoms in total. The second kappa shape index (κ2) is 11.5. The van der Waals surface area contributed by atoms with Crippen molar-refractivity contribution in [2.45, 2.75) is 31.2 Å². The van der Waals surface area contributed by atoms with E-state index >= 15 is 0 Å². The molecule has 0 radical (unpaired) electrons. The van der Waals surface area contributed by atoms with E-state index in [1.165, 1.54) is 11.8 Å². The lowest BCUT2D eigenvalue weighted by molar-refractivity contribution is 0.178. The number of ether oxygens (including phenoxy) is 3. The molecule has 2 heterocycles. The second-order valence-electron chi connectivity index (χ2n) is 11.1. The van der Waals surface area contributed by atoms with Gasteiger partial charge in [0.25, 0.3) is 0 Å². The lowest BCUT2D eigenvalue weighted by Crippen LogP contribution is -2.52. The van der Waals surface area contributed by atoms with Crippen molar-refractivity contribution in [3.63, 3.8) is 0 Å². The van der Waals surface area contributed by atoms with E-state index in [4.69, 9.17) is 25.1 Å². The minimum Gasteiger partial charge on any atom is -0.497 e. The van der Waals surface area contributed by atoms with E-state index in [1.807, 2.05) is 36.4 Å². The Bertz CT molecular complexity index is 1810. The maximum Gasteiger partial charge on any atom is 0.339 e. The summed E-state index contributed by atoms with van der Waals surface area (Å²) >= 11 is 0. The Kier molecular flexibility index (Phi) is 7.60. The van der Waals surface area contributed by atoms with Crippen molar-refractivity contribution in [2.75, 3.05) is 34.4 Å². The van der Waals surface area contributed by atoms with E-state index in [9.17, 15) is 4.79 Å². The van der Waals surface area contributed by atoms with Crippen molar-refractivity contribution < 1.29 is 18.6 Å². The number of fused-ring (bicyclic) bond motifs is 3. The van der Waals surface area contributed by atoms with E-state index in [2.05, 4.69) is 47.2 Å². The Hall–Kier alpha value is -4.73. The number of rotatable bonds is 8. The molecule has 218 valence electrons. The fourth-order valence-corrected chi connectivity index (χ4v) is 6.99. The molecule has 3 aromatic carbocycles. The van der Waals surface area contributed by atoms with Gasteiger partial charge < -0.3 is 18.6 Å². The summed E-state index contributed by atoms with van der Waals surface area (Å²) < 4.78 is 22.7. The van der Waals surface area contributed by atoms with E-state index in [0.717, 1.165) is 63.6 Å². The highest BCUT2D eigenvalue weighted by Crippen LogP contribution is 2.55. The Labute approximate surface area is 252 Å². The number of methoxy groups -OCH3 is 3. The third kappa shape index (κ3) is 4.70. The lowest BCUT2D eigenvalue weighted by atomic mass is 9.68. The van der Waals surface area contributed by atoms with Gasteiger partial charge >= 0.3 is 5.63 Å². The normalized spacial score (nSPS) is 19.1. The van der Waals surface area contributed by atoms with Crippen molar-refractivity contribution in [2.24, 2.45) is 0 Å². The number of nitrogens with zero attached hydrogens (tertiary/aromatic N) is 1. The van der Waals surface area contributed by atoms with Crippen molar-refractivity contribution in [1.29, 1.82) is 0 Å². The smallest absolute Gasteiger partial charge is 0.339 e. The molecule has 1 aromatic heterocycles. The van der Waals surface area contributed by atoms with Crippen molar-refractivity contribution >= 4 is 5.57 Å². The van der Waals surface area contributed by atoms with Gasteiger partial charge in [0.05, 0.1) is 33.0 Å². The van der Waals surface area contributed by atoms with Crippen LogP contribution in [0.1, 0.15) is 34.2 Å². The Balaban J connectivity index is 1.70. The van der Waals surface area contributed by atoms with Crippen LogP contribution in [0.3, 0.4) is 0 Å². The molecule has 0 bridgehead atoms. The molecule has 0 saturated heterocycles. The lowest BCUT2D eigenvalue weighted by Gasteiger charge is -2.46. The summed E-state index contributed by atoms with van der Waals surface area (Å²) in [7, 11) is 5.09. The molecule has 1 aliphatic carbocycles. The average molecular weight is 574 g/mol. The van der Waals surface area contributed by atoms with Crippen LogP contribution in [0.25, 0.3) is 16.7 Å². The summed E-state index contributed by atoms with van der Waals surface area (Å²) in [6, 6.07) is 22.6. The van der Waals surface area contributed by atoms with Gasteiger partial charge in [0.1, 0.15) is 17.2 Å². The first-order valence-electron chi connectivity index (χ1n) is 14.4. The molecule has 0 amide bonds. The summed E-state index contributed by atoms with van der Waals surface area (Å²) in [5.41, 5.74) is 7.01. The highest BCUT2D eigenvalue weighted by Gasteiger charge is 2.53. The molecular formula is C37H35NO5. The van der Waals surface area contributed by atoms with Gasteiger partial charge in [0.15, 0.2) is 0 Å². The van der Waals surface area contributed by atoms with Crippen LogP contribution in [0, 0.1) is 19.3 Å². The molecule has 43 heavy (non-hydrogen) atoms. The first-order chi connectivity index (χ1) is 20.9. The molecule has 2 atom stereocenters. The van der Waals surface area contributed by atoms with Crippen molar-refractivity contribution in [3.8, 4) is 40.7 Å². The standard InChI is InChI=1S/C37H35NO5/c1-6-7-17-38-23-26(32-21-29(41-4)14-15-31(32)30-16-18-43-36(39)24(30)2)22-37(27-11-9-12-28(20-27)40-3)34(38)19-25-10-8-13-33(42-5)35(25)37/h1,8-16,18,20-22,34H,7,17,19,23H2,2-5H3/t34-,37+/m0/s1. The molecule has 0 saturated carbocycles. The molecule has 6 rings (SSSR count). The number of hydrogen-bond donors (Lipinski definition) is 0. The predicted octanol–water partition coefficient (Wildman–Crippen LogP) is 6.27. The first-order valence-corrected chi connectivity index (χ1v) is 14.4.